The normalized spacial score (nSPS) is 11.5. The van der Waals surface area contributed by atoms with E-state index in [1.54, 1.807) is 40.0 Å². The Morgan fingerprint density at radius 1 is 0.875 bits per heavy atom. The molecule has 0 saturated carbocycles. The van der Waals surface area contributed by atoms with Crippen LogP contribution >= 0.6 is 12.2 Å². The van der Waals surface area contributed by atoms with E-state index in [9.17, 15) is 9.90 Å². The summed E-state index contributed by atoms with van der Waals surface area (Å²) in [4.78, 5) is 13.0. The van der Waals surface area contributed by atoms with Crippen LogP contribution in [0.25, 0.3) is 11.5 Å². The van der Waals surface area contributed by atoms with Gasteiger partial charge in [-0.25, -0.2) is 4.57 Å². The van der Waals surface area contributed by atoms with Gasteiger partial charge in [0.1, 0.15) is 12.4 Å². The highest BCUT2D eigenvalue weighted by molar-refractivity contribution is 7.81. The van der Waals surface area contributed by atoms with Gasteiger partial charge in [0.05, 0.1) is 0 Å². The number of nitrogens with zero attached hydrogens (tertiary/aromatic N) is 2. The SMILES string of the molecule is O=C(C[n+]1ccn(/C(C(=S)Nc2ccccc2)=C(\O)c2ccccc2)c1)c1ccccc1. The van der Waals surface area contributed by atoms with Gasteiger partial charge in [-0.15, -0.1) is 0 Å². The maximum absolute atomic E-state index is 12.6. The molecule has 32 heavy (non-hydrogen) atoms. The average Bonchev–Trinajstić information content (AvgIpc) is 3.28. The molecule has 0 amide bonds. The van der Waals surface area contributed by atoms with Crippen molar-refractivity contribution >= 4 is 40.1 Å². The highest BCUT2D eigenvalue weighted by atomic mass is 32.1. The molecule has 4 aromatic rings. The fourth-order valence-electron chi connectivity index (χ4n) is 3.29. The molecule has 6 heteroatoms. The standard InChI is InChI=1S/C26H21N3O2S/c30-23(20-10-4-1-5-11-20)18-28-16-17-29(19-28)24(25(31)21-12-6-2-7-13-21)26(32)27-22-14-8-3-9-15-22/h1-17,19H,18H2,(H-,27,31,32)/p+1. The number of imidazole rings is 1. The third-order valence-corrected chi connectivity index (χ3v) is 5.19. The summed E-state index contributed by atoms with van der Waals surface area (Å²) in [7, 11) is 0. The van der Waals surface area contributed by atoms with Crippen molar-refractivity contribution < 1.29 is 14.5 Å². The van der Waals surface area contributed by atoms with Gasteiger partial charge in [-0.1, -0.05) is 91.1 Å². The maximum Gasteiger partial charge on any atom is 0.249 e. The number of hydrogen-bond acceptors (Lipinski definition) is 3. The molecule has 0 aliphatic carbocycles. The van der Waals surface area contributed by atoms with Crippen molar-refractivity contribution in [3.05, 3.63) is 121 Å². The first kappa shape index (κ1) is 21.2. The lowest BCUT2D eigenvalue weighted by Crippen LogP contribution is -2.36. The molecule has 3 aromatic carbocycles. The Morgan fingerprint density at radius 2 is 1.44 bits per heavy atom. The minimum atomic E-state index is -0.00357. The summed E-state index contributed by atoms with van der Waals surface area (Å²) in [6.07, 6.45) is 5.30. The molecule has 0 aliphatic rings. The fraction of sp³-hybridized carbons (Fsp3) is 0.0385. The Bertz CT molecular complexity index is 1250. The van der Waals surface area contributed by atoms with Gasteiger partial charge in [0.15, 0.2) is 17.3 Å². The van der Waals surface area contributed by atoms with Gasteiger partial charge in [0, 0.05) is 16.8 Å². The van der Waals surface area contributed by atoms with Gasteiger partial charge < -0.3 is 10.4 Å². The molecular weight excluding hydrogens is 418 g/mol. The molecule has 158 valence electrons. The molecule has 0 aliphatic heterocycles. The van der Waals surface area contributed by atoms with E-state index in [4.69, 9.17) is 12.2 Å². The molecule has 1 aromatic heterocycles. The van der Waals surface area contributed by atoms with Crippen LogP contribution in [-0.4, -0.2) is 20.4 Å². The predicted octanol–water partition coefficient (Wildman–Crippen LogP) is 4.98. The lowest BCUT2D eigenvalue weighted by atomic mass is 10.1. The summed E-state index contributed by atoms with van der Waals surface area (Å²) in [5.74, 6) is 0.0346. The monoisotopic (exact) mass is 440 g/mol. The molecule has 5 nitrogen and oxygen atoms in total. The minimum absolute atomic E-state index is 0.00357. The van der Waals surface area contributed by atoms with Gasteiger partial charge in [-0.05, 0) is 12.1 Å². The predicted molar refractivity (Wildman–Crippen MR) is 130 cm³/mol. The zero-order chi connectivity index (χ0) is 22.3. The second kappa shape index (κ2) is 9.85. The number of ketones is 1. The van der Waals surface area contributed by atoms with Crippen molar-refractivity contribution in [2.24, 2.45) is 0 Å². The quantitative estimate of drug-likeness (QED) is 0.140. The third kappa shape index (κ3) is 4.99. The van der Waals surface area contributed by atoms with Crippen molar-refractivity contribution in [3.8, 4) is 0 Å². The maximum atomic E-state index is 12.6. The van der Waals surface area contributed by atoms with Crippen LogP contribution in [0.1, 0.15) is 15.9 Å². The van der Waals surface area contributed by atoms with Crippen LogP contribution in [0.15, 0.2) is 110 Å². The number of benzene rings is 3. The first-order valence-electron chi connectivity index (χ1n) is 10.1. The van der Waals surface area contributed by atoms with Gasteiger partial charge in [0.2, 0.25) is 17.8 Å². The molecule has 4 rings (SSSR count). The zero-order valence-corrected chi connectivity index (χ0v) is 18.1. The molecule has 0 saturated heterocycles. The number of nitrogens with one attached hydrogen (secondary N) is 1. The second-order valence-electron chi connectivity index (χ2n) is 7.17. The lowest BCUT2D eigenvalue weighted by molar-refractivity contribution is -0.682. The number of anilines is 1. The lowest BCUT2D eigenvalue weighted by Gasteiger charge is -2.11. The smallest absolute Gasteiger partial charge is 0.249 e. The van der Waals surface area contributed by atoms with Crippen LogP contribution in [0.2, 0.25) is 0 Å². The molecule has 2 N–H and O–H groups in total. The van der Waals surface area contributed by atoms with Crippen LogP contribution in [0, 0.1) is 0 Å². The topological polar surface area (TPSA) is 58.1 Å². The highest BCUT2D eigenvalue weighted by Crippen LogP contribution is 2.22. The number of aliphatic hydroxyl groups excluding tert-OH is 1. The van der Waals surface area contributed by atoms with E-state index in [0.29, 0.717) is 21.8 Å². The number of hydrogen-bond donors (Lipinski definition) is 2. The van der Waals surface area contributed by atoms with Crippen molar-refractivity contribution in [2.75, 3.05) is 5.32 Å². The number of thiocarbonyl (C=S) groups is 1. The Labute approximate surface area is 191 Å². The molecule has 1 heterocycles. The van der Waals surface area contributed by atoms with Crippen molar-refractivity contribution in [1.29, 1.82) is 0 Å². The Morgan fingerprint density at radius 3 is 2.06 bits per heavy atom. The summed E-state index contributed by atoms with van der Waals surface area (Å²) >= 11 is 5.66. The van der Waals surface area contributed by atoms with Crippen molar-refractivity contribution in [2.45, 2.75) is 6.54 Å². The largest absolute Gasteiger partial charge is 0.503 e. The number of aromatic nitrogens is 2. The van der Waals surface area contributed by atoms with Crippen molar-refractivity contribution in [1.82, 2.24) is 4.57 Å². The number of aliphatic hydroxyl groups is 1. The summed E-state index contributed by atoms with van der Waals surface area (Å²) in [5.41, 5.74) is 2.52. The van der Waals surface area contributed by atoms with Crippen LogP contribution < -0.4 is 9.88 Å². The van der Waals surface area contributed by atoms with Gasteiger partial charge in [-0.3, -0.25) is 4.79 Å². The summed E-state index contributed by atoms with van der Waals surface area (Å²) in [6, 6.07) is 27.9. The van der Waals surface area contributed by atoms with E-state index in [2.05, 4.69) is 5.32 Å². The molecular formula is C26H22N3O2S+. The Balaban J connectivity index is 1.66. The number of rotatable bonds is 7. The van der Waals surface area contributed by atoms with Crippen LogP contribution in [0.3, 0.4) is 0 Å². The number of Topliss-reactive ketones (excluding diaryl/α,β-unsaturated/α-hetero) is 1. The molecule has 0 unspecified atom stereocenters. The second-order valence-corrected chi connectivity index (χ2v) is 7.57. The molecule has 0 radical (unpaired) electrons. The van der Waals surface area contributed by atoms with Crippen LogP contribution in [0.4, 0.5) is 5.69 Å². The van der Waals surface area contributed by atoms with Crippen molar-refractivity contribution in [3.63, 3.8) is 0 Å². The summed E-state index contributed by atoms with van der Waals surface area (Å²) in [5, 5.41) is 14.3. The summed E-state index contributed by atoms with van der Waals surface area (Å²) in [6.45, 7) is 0.176. The van der Waals surface area contributed by atoms with Gasteiger partial charge >= 0.3 is 0 Å². The number of para-hydroxylation sites is 1. The molecule has 0 bridgehead atoms. The van der Waals surface area contributed by atoms with Crippen LogP contribution in [0.5, 0.6) is 0 Å². The van der Waals surface area contributed by atoms with E-state index in [0.717, 1.165) is 5.69 Å². The highest BCUT2D eigenvalue weighted by Gasteiger charge is 2.22. The number of carbonyl (C=O) groups excluding carboxylic acids is 1. The van der Waals surface area contributed by atoms with E-state index >= 15 is 0 Å². The van der Waals surface area contributed by atoms with Gasteiger partial charge in [-0.2, -0.15) is 4.57 Å². The molecule has 0 spiro atoms. The average molecular weight is 441 g/mol. The zero-order valence-electron chi connectivity index (χ0n) is 17.3. The van der Waals surface area contributed by atoms with E-state index < -0.39 is 0 Å². The van der Waals surface area contributed by atoms with Gasteiger partial charge in [0.25, 0.3) is 0 Å². The molecule has 0 fully saturated rings. The first-order chi connectivity index (χ1) is 15.6. The van der Waals surface area contributed by atoms with Crippen LogP contribution in [-0.2, 0) is 6.54 Å². The Kier molecular flexibility index (Phi) is 6.53. The molecule has 0 atom stereocenters. The first-order valence-corrected chi connectivity index (χ1v) is 10.5. The number of carbonyl (C=O) groups is 1. The Hall–Kier alpha value is -4.03. The van der Waals surface area contributed by atoms with E-state index in [1.165, 1.54) is 0 Å². The third-order valence-electron chi connectivity index (χ3n) is 4.89. The summed E-state index contributed by atoms with van der Waals surface area (Å²) < 4.78 is 3.48. The van der Waals surface area contributed by atoms with E-state index in [-0.39, 0.29) is 18.1 Å². The fourth-order valence-corrected chi connectivity index (χ4v) is 3.61. The van der Waals surface area contributed by atoms with E-state index in [1.807, 2.05) is 78.9 Å². The minimum Gasteiger partial charge on any atom is -0.503 e.